The van der Waals surface area contributed by atoms with Crippen molar-refractivity contribution in [3.63, 3.8) is 0 Å². The average Bonchev–Trinajstić information content (AvgIpc) is 2.70. The Morgan fingerprint density at radius 1 is 0.929 bits per heavy atom. The van der Waals surface area contributed by atoms with Gasteiger partial charge in [0.2, 0.25) is 0 Å². The largest absolute Gasteiger partial charge is 0.477 e. The fourth-order valence-corrected chi connectivity index (χ4v) is 4.54. The van der Waals surface area contributed by atoms with Crippen LogP contribution in [-0.2, 0) is 9.30 Å². The zero-order valence-electron chi connectivity index (χ0n) is 15.9. The molecule has 1 aliphatic rings. The molecule has 0 unspecified atom stereocenters. The Morgan fingerprint density at radius 3 is 2.00 bits per heavy atom. The second kappa shape index (κ2) is 10.3. The van der Waals surface area contributed by atoms with Crippen molar-refractivity contribution in [2.75, 3.05) is 12.8 Å². The van der Waals surface area contributed by atoms with E-state index in [4.69, 9.17) is 19.2 Å². The lowest BCUT2D eigenvalue weighted by Crippen LogP contribution is -2.30. The number of hydrogen-bond donors (Lipinski definition) is 2. The van der Waals surface area contributed by atoms with E-state index in [0.717, 1.165) is 25.7 Å². The third kappa shape index (κ3) is 6.70. The Hall–Kier alpha value is -2.30. The third-order valence-electron chi connectivity index (χ3n) is 4.43. The molecule has 6 nitrogen and oxygen atoms in total. The molecule has 0 spiro atoms. The first-order chi connectivity index (χ1) is 13.6. The van der Waals surface area contributed by atoms with E-state index in [2.05, 4.69) is 5.32 Å². The molecule has 2 N–H and O–H groups in total. The SMILES string of the molecule is N=C(CNCP(=O)(Oc1ccccc1)Oc1ccccc1)OC1CCCCC1. The molecule has 28 heavy (non-hydrogen) atoms. The summed E-state index contributed by atoms with van der Waals surface area (Å²) in [5.74, 6) is 1.09. The normalized spacial score (nSPS) is 15.0. The van der Waals surface area contributed by atoms with Gasteiger partial charge in [0.05, 0.1) is 6.54 Å². The standard InChI is InChI=1S/C21H27N2O4P/c22-21(25-18-10-4-1-5-11-18)16-23-17-28(24,26-19-12-6-2-7-13-19)27-20-14-8-3-9-15-20/h2-3,6-9,12-15,18,22-23H,1,4-5,10-11,16-17H2. The van der Waals surface area contributed by atoms with Gasteiger partial charge in [-0.05, 0) is 49.9 Å². The Balaban J connectivity index is 1.57. The minimum absolute atomic E-state index is 0.0345. The molecular formula is C21H27N2O4P. The van der Waals surface area contributed by atoms with Gasteiger partial charge in [0.25, 0.3) is 0 Å². The van der Waals surface area contributed by atoms with E-state index >= 15 is 0 Å². The molecule has 2 aromatic carbocycles. The number of ether oxygens (including phenoxy) is 1. The van der Waals surface area contributed by atoms with Crippen molar-refractivity contribution in [3.05, 3.63) is 60.7 Å². The van der Waals surface area contributed by atoms with Gasteiger partial charge in [-0.25, -0.2) is 4.57 Å². The molecule has 0 aliphatic heterocycles. The van der Waals surface area contributed by atoms with E-state index in [1.807, 2.05) is 36.4 Å². The van der Waals surface area contributed by atoms with Gasteiger partial charge < -0.3 is 13.8 Å². The number of benzene rings is 2. The van der Waals surface area contributed by atoms with Gasteiger partial charge in [-0.3, -0.25) is 10.7 Å². The lowest BCUT2D eigenvalue weighted by molar-refractivity contribution is 0.138. The van der Waals surface area contributed by atoms with E-state index in [-0.39, 0.29) is 24.8 Å². The maximum Gasteiger partial charge on any atom is 0.444 e. The molecule has 0 heterocycles. The van der Waals surface area contributed by atoms with Gasteiger partial charge in [0.15, 0.2) is 5.90 Å². The second-order valence-electron chi connectivity index (χ2n) is 6.81. The van der Waals surface area contributed by atoms with E-state index in [9.17, 15) is 4.57 Å². The van der Waals surface area contributed by atoms with Crippen LogP contribution in [0.25, 0.3) is 0 Å². The topological polar surface area (TPSA) is 80.6 Å². The number of para-hydroxylation sites is 2. The fourth-order valence-electron chi connectivity index (χ4n) is 3.10. The van der Waals surface area contributed by atoms with Crippen molar-refractivity contribution >= 4 is 13.5 Å². The van der Waals surface area contributed by atoms with Crippen molar-refractivity contribution in [3.8, 4) is 11.5 Å². The Bertz CT molecular complexity index is 734. The van der Waals surface area contributed by atoms with Gasteiger partial charge in [0.1, 0.15) is 23.9 Å². The highest BCUT2D eigenvalue weighted by atomic mass is 31.2. The number of rotatable bonds is 9. The first-order valence-corrected chi connectivity index (χ1v) is 11.4. The van der Waals surface area contributed by atoms with Crippen molar-refractivity contribution in [1.82, 2.24) is 5.32 Å². The minimum Gasteiger partial charge on any atom is -0.477 e. The summed E-state index contributed by atoms with van der Waals surface area (Å²) < 4.78 is 30.4. The molecule has 0 atom stereocenters. The lowest BCUT2D eigenvalue weighted by atomic mass is 9.98. The van der Waals surface area contributed by atoms with Gasteiger partial charge in [-0.2, -0.15) is 0 Å². The summed E-state index contributed by atoms with van der Waals surface area (Å²) in [6.45, 7) is 0.177. The minimum atomic E-state index is -3.53. The molecule has 2 aromatic rings. The molecule has 1 saturated carbocycles. The predicted molar refractivity (Wildman–Crippen MR) is 110 cm³/mol. The van der Waals surface area contributed by atoms with Crippen molar-refractivity contribution in [2.24, 2.45) is 0 Å². The predicted octanol–water partition coefficient (Wildman–Crippen LogP) is 5.21. The van der Waals surface area contributed by atoms with E-state index in [1.165, 1.54) is 6.42 Å². The summed E-state index contributed by atoms with van der Waals surface area (Å²) in [5.41, 5.74) is 0. The summed E-state index contributed by atoms with van der Waals surface area (Å²) in [7, 11) is -3.53. The maximum atomic E-state index is 13.3. The molecule has 7 heteroatoms. The molecule has 1 fully saturated rings. The molecule has 1 aliphatic carbocycles. The molecule has 150 valence electrons. The van der Waals surface area contributed by atoms with Crippen molar-refractivity contribution in [1.29, 1.82) is 5.41 Å². The van der Waals surface area contributed by atoms with E-state index < -0.39 is 7.60 Å². The van der Waals surface area contributed by atoms with Gasteiger partial charge in [0, 0.05) is 0 Å². The second-order valence-corrected chi connectivity index (χ2v) is 8.71. The van der Waals surface area contributed by atoms with Crippen LogP contribution in [0.3, 0.4) is 0 Å². The van der Waals surface area contributed by atoms with E-state index in [1.54, 1.807) is 24.3 Å². The third-order valence-corrected chi connectivity index (χ3v) is 6.02. The zero-order valence-corrected chi connectivity index (χ0v) is 16.8. The van der Waals surface area contributed by atoms with Crippen LogP contribution in [0.15, 0.2) is 60.7 Å². The first kappa shape index (κ1) is 20.4. The van der Waals surface area contributed by atoms with Crippen molar-refractivity contribution < 1.29 is 18.3 Å². The Morgan fingerprint density at radius 2 is 1.46 bits per heavy atom. The van der Waals surface area contributed by atoms with Gasteiger partial charge >= 0.3 is 7.60 Å². The molecule has 0 aromatic heterocycles. The van der Waals surface area contributed by atoms with Gasteiger partial charge in [-0.15, -0.1) is 0 Å². The summed E-state index contributed by atoms with van der Waals surface area (Å²) in [5, 5.41) is 11.0. The molecule has 0 radical (unpaired) electrons. The van der Waals surface area contributed by atoms with Crippen LogP contribution in [0.1, 0.15) is 32.1 Å². The monoisotopic (exact) mass is 402 g/mol. The lowest BCUT2D eigenvalue weighted by Gasteiger charge is -2.24. The fraction of sp³-hybridized carbons (Fsp3) is 0.381. The van der Waals surface area contributed by atoms with E-state index in [0.29, 0.717) is 11.5 Å². The summed E-state index contributed by atoms with van der Waals surface area (Å²) in [6, 6.07) is 17.9. The summed E-state index contributed by atoms with van der Waals surface area (Å²) in [6.07, 6.45) is 5.61. The van der Waals surface area contributed by atoms with Crippen LogP contribution in [0, 0.1) is 5.41 Å². The van der Waals surface area contributed by atoms with Crippen LogP contribution in [0.5, 0.6) is 11.5 Å². The highest BCUT2D eigenvalue weighted by Gasteiger charge is 2.28. The van der Waals surface area contributed by atoms with Crippen molar-refractivity contribution in [2.45, 2.75) is 38.2 Å². The Kier molecular flexibility index (Phi) is 7.52. The molecule has 0 amide bonds. The molecule has 0 saturated heterocycles. The highest BCUT2D eigenvalue weighted by Crippen LogP contribution is 2.47. The van der Waals surface area contributed by atoms with Crippen LogP contribution >= 0.6 is 7.60 Å². The maximum absolute atomic E-state index is 13.3. The summed E-state index contributed by atoms with van der Waals surface area (Å²) in [4.78, 5) is 0. The smallest absolute Gasteiger partial charge is 0.444 e. The average molecular weight is 402 g/mol. The van der Waals surface area contributed by atoms with Crippen LogP contribution in [0.4, 0.5) is 0 Å². The highest BCUT2D eigenvalue weighted by molar-refractivity contribution is 7.54. The molecule has 0 bridgehead atoms. The van der Waals surface area contributed by atoms with Crippen LogP contribution in [0.2, 0.25) is 0 Å². The molecular weight excluding hydrogens is 375 g/mol. The van der Waals surface area contributed by atoms with Crippen LogP contribution < -0.4 is 14.4 Å². The quantitative estimate of drug-likeness (QED) is 0.342. The summed E-state index contributed by atoms with van der Waals surface area (Å²) >= 11 is 0. The first-order valence-electron chi connectivity index (χ1n) is 9.66. The Labute approximate surface area is 166 Å². The number of nitrogens with one attached hydrogen (secondary N) is 2. The molecule has 3 rings (SSSR count). The van der Waals surface area contributed by atoms with Gasteiger partial charge in [-0.1, -0.05) is 42.8 Å². The number of hydrogen-bond acceptors (Lipinski definition) is 6. The zero-order chi connectivity index (χ0) is 19.7. The van der Waals surface area contributed by atoms with Crippen LogP contribution in [-0.4, -0.2) is 24.8 Å².